The molecular weight excluding hydrogens is 348 g/mol. The summed E-state index contributed by atoms with van der Waals surface area (Å²) in [7, 11) is 1.27. The third-order valence-corrected chi connectivity index (χ3v) is 5.28. The number of benzene rings is 1. The second-order valence-electron chi connectivity index (χ2n) is 5.36. The van der Waals surface area contributed by atoms with E-state index in [4.69, 9.17) is 4.74 Å². The Morgan fingerprint density at radius 1 is 1.36 bits per heavy atom. The van der Waals surface area contributed by atoms with E-state index < -0.39 is 17.4 Å². The van der Waals surface area contributed by atoms with Crippen LogP contribution in [0, 0.1) is 5.41 Å². The number of allylic oxidation sites excluding steroid dienone is 2. The summed E-state index contributed by atoms with van der Waals surface area (Å²) in [4.78, 5) is 24.5. The Morgan fingerprint density at radius 2 is 2.09 bits per heavy atom. The molecule has 1 aromatic rings. The SMILES string of the molecule is COC(=O)C1=C[C@@H](c2ccccc2)[C@@]2(CCC=C2Br)C(=O)O1. The van der Waals surface area contributed by atoms with E-state index in [9.17, 15) is 9.59 Å². The van der Waals surface area contributed by atoms with E-state index >= 15 is 0 Å². The Hall–Kier alpha value is -1.88. The van der Waals surface area contributed by atoms with Crippen molar-refractivity contribution in [3.63, 3.8) is 0 Å². The molecule has 0 saturated carbocycles. The minimum Gasteiger partial charge on any atom is -0.463 e. The fourth-order valence-electron chi connectivity index (χ4n) is 3.13. The molecule has 0 saturated heterocycles. The Bertz CT molecular complexity index is 677. The van der Waals surface area contributed by atoms with Gasteiger partial charge in [0.15, 0.2) is 0 Å². The van der Waals surface area contributed by atoms with Gasteiger partial charge in [-0.05, 0) is 24.5 Å². The van der Waals surface area contributed by atoms with Crippen LogP contribution in [0.5, 0.6) is 0 Å². The van der Waals surface area contributed by atoms with E-state index in [1.54, 1.807) is 6.08 Å². The van der Waals surface area contributed by atoms with Gasteiger partial charge in [-0.1, -0.05) is 52.3 Å². The monoisotopic (exact) mass is 362 g/mol. The van der Waals surface area contributed by atoms with Crippen molar-refractivity contribution in [3.05, 3.63) is 58.3 Å². The van der Waals surface area contributed by atoms with E-state index in [0.717, 1.165) is 16.5 Å². The average Bonchev–Trinajstić information content (AvgIpc) is 2.92. The third-order valence-electron chi connectivity index (χ3n) is 4.25. The predicted octanol–water partition coefficient (Wildman–Crippen LogP) is 3.44. The highest BCUT2D eigenvalue weighted by atomic mass is 79.9. The summed E-state index contributed by atoms with van der Waals surface area (Å²) in [6.45, 7) is 0. The Balaban J connectivity index is 2.15. The zero-order valence-corrected chi connectivity index (χ0v) is 13.6. The zero-order valence-electron chi connectivity index (χ0n) is 12.0. The normalized spacial score (nSPS) is 27.2. The van der Waals surface area contributed by atoms with Crippen molar-refractivity contribution in [2.45, 2.75) is 18.8 Å². The molecule has 3 rings (SSSR count). The van der Waals surface area contributed by atoms with Crippen LogP contribution in [0.1, 0.15) is 24.3 Å². The maximum Gasteiger partial charge on any atom is 0.373 e. The predicted molar refractivity (Wildman–Crippen MR) is 84.1 cm³/mol. The summed E-state index contributed by atoms with van der Waals surface area (Å²) < 4.78 is 10.8. The lowest BCUT2D eigenvalue weighted by molar-refractivity contribution is -0.158. The largest absolute Gasteiger partial charge is 0.463 e. The van der Waals surface area contributed by atoms with Gasteiger partial charge < -0.3 is 9.47 Å². The summed E-state index contributed by atoms with van der Waals surface area (Å²) in [5.41, 5.74) is 0.173. The van der Waals surface area contributed by atoms with Gasteiger partial charge in [0.05, 0.1) is 7.11 Å². The van der Waals surface area contributed by atoms with Gasteiger partial charge in [-0.25, -0.2) is 4.79 Å². The first-order valence-corrected chi connectivity index (χ1v) is 7.82. The van der Waals surface area contributed by atoms with E-state index in [0.29, 0.717) is 6.42 Å². The smallest absolute Gasteiger partial charge is 0.373 e. The van der Waals surface area contributed by atoms with Crippen LogP contribution in [0.4, 0.5) is 0 Å². The molecule has 2 atom stereocenters. The first kappa shape index (κ1) is 15.0. The molecule has 5 heteroatoms. The van der Waals surface area contributed by atoms with Gasteiger partial charge in [0, 0.05) is 10.4 Å². The lowest BCUT2D eigenvalue weighted by atomic mass is 9.70. The third kappa shape index (κ3) is 2.20. The maximum atomic E-state index is 12.7. The molecular formula is C17H15BrO4. The molecule has 0 bridgehead atoms. The van der Waals surface area contributed by atoms with Gasteiger partial charge in [-0.2, -0.15) is 0 Å². The number of hydrogen-bond donors (Lipinski definition) is 0. The van der Waals surface area contributed by atoms with Gasteiger partial charge in [0.25, 0.3) is 0 Å². The molecule has 114 valence electrons. The molecule has 4 nitrogen and oxygen atoms in total. The Labute approximate surface area is 136 Å². The van der Waals surface area contributed by atoms with Crippen LogP contribution in [-0.2, 0) is 19.1 Å². The summed E-state index contributed by atoms with van der Waals surface area (Å²) in [5.74, 6) is -1.36. The van der Waals surface area contributed by atoms with Crippen LogP contribution >= 0.6 is 15.9 Å². The van der Waals surface area contributed by atoms with Gasteiger partial charge in [-0.15, -0.1) is 0 Å². The fraction of sp³-hybridized carbons (Fsp3) is 0.294. The average molecular weight is 363 g/mol. The molecule has 0 amide bonds. The van der Waals surface area contributed by atoms with Gasteiger partial charge >= 0.3 is 11.9 Å². The second-order valence-corrected chi connectivity index (χ2v) is 6.22. The van der Waals surface area contributed by atoms with Gasteiger partial charge in [0.2, 0.25) is 5.76 Å². The second kappa shape index (κ2) is 5.72. The van der Waals surface area contributed by atoms with Crippen molar-refractivity contribution >= 4 is 27.9 Å². The van der Waals surface area contributed by atoms with Gasteiger partial charge in [-0.3, -0.25) is 4.79 Å². The summed E-state index contributed by atoms with van der Waals surface area (Å²) in [6.07, 6.45) is 5.13. The molecule has 1 aliphatic heterocycles. The van der Waals surface area contributed by atoms with Crippen LogP contribution in [-0.4, -0.2) is 19.0 Å². The number of hydrogen-bond acceptors (Lipinski definition) is 4. The molecule has 0 N–H and O–H groups in total. The highest BCUT2D eigenvalue weighted by Gasteiger charge is 2.54. The minimum absolute atomic E-state index is 0.0424. The molecule has 22 heavy (non-hydrogen) atoms. The molecule has 1 heterocycles. The number of esters is 2. The van der Waals surface area contributed by atoms with E-state index in [1.807, 2.05) is 36.4 Å². The molecule has 0 fully saturated rings. The van der Waals surface area contributed by atoms with Crippen LogP contribution in [0.15, 0.2) is 52.7 Å². The Kier molecular flexibility index (Phi) is 3.91. The lowest BCUT2D eigenvalue weighted by Crippen LogP contribution is -2.41. The van der Waals surface area contributed by atoms with E-state index in [2.05, 4.69) is 20.7 Å². The first-order chi connectivity index (χ1) is 10.6. The molecule has 0 aromatic heterocycles. The minimum atomic E-state index is -0.793. The lowest BCUT2D eigenvalue weighted by Gasteiger charge is -2.38. The molecule has 2 aliphatic rings. The standard InChI is InChI=1S/C17H15BrO4/c1-21-15(19)13-10-12(11-6-3-2-4-7-11)17(16(20)22-13)9-5-8-14(17)18/h2-4,6-8,10,12H,5,9H2,1H3/t12-,17+/m0/s1. The van der Waals surface area contributed by atoms with E-state index in [1.165, 1.54) is 7.11 Å². The number of rotatable bonds is 2. The fourth-order valence-corrected chi connectivity index (χ4v) is 3.96. The van der Waals surface area contributed by atoms with Crippen molar-refractivity contribution in [2.75, 3.05) is 7.11 Å². The van der Waals surface area contributed by atoms with Crippen molar-refractivity contribution in [1.29, 1.82) is 0 Å². The number of carbonyl (C=O) groups excluding carboxylic acids is 2. The quantitative estimate of drug-likeness (QED) is 0.756. The number of halogens is 1. The van der Waals surface area contributed by atoms with Crippen LogP contribution in [0.25, 0.3) is 0 Å². The highest BCUT2D eigenvalue weighted by molar-refractivity contribution is 9.11. The molecule has 1 spiro atoms. The van der Waals surface area contributed by atoms with Crippen molar-refractivity contribution in [2.24, 2.45) is 5.41 Å². The van der Waals surface area contributed by atoms with Gasteiger partial charge in [0.1, 0.15) is 5.41 Å². The Morgan fingerprint density at radius 3 is 2.68 bits per heavy atom. The van der Waals surface area contributed by atoms with Crippen molar-refractivity contribution in [1.82, 2.24) is 0 Å². The molecule has 0 radical (unpaired) electrons. The summed E-state index contributed by atoms with van der Waals surface area (Å²) in [5, 5.41) is 0. The van der Waals surface area contributed by atoms with Crippen LogP contribution in [0.2, 0.25) is 0 Å². The van der Waals surface area contributed by atoms with E-state index in [-0.39, 0.29) is 11.7 Å². The van der Waals surface area contributed by atoms with Crippen molar-refractivity contribution in [3.8, 4) is 0 Å². The van der Waals surface area contributed by atoms with Crippen LogP contribution in [0.3, 0.4) is 0 Å². The number of carbonyl (C=O) groups is 2. The molecule has 1 aliphatic carbocycles. The highest BCUT2D eigenvalue weighted by Crippen LogP contribution is 2.55. The van der Waals surface area contributed by atoms with Crippen molar-refractivity contribution < 1.29 is 19.1 Å². The molecule has 0 unspecified atom stereocenters. The number of methoxy groups -OCH3 is 1. The summed E-state index contributed by atoms with van der Waals surface area (Å²) in [6, 6.07) is 9.66. The summed E-state index contributed by atoms with van der Waals surface area (Å²) >= 11 is 3.52. The number of cyclic esters (lactones) is 1. The molecule has 1 aromatic carbocycles. The zero-order chi connectivity index (χ0) is 15.7. The van der Waals surface area contributed by atoms with Crippen LogP contribution < -0.4 is 0 Å². The first-order valence-electron chi connectivity index (χ1n) is 7.03. The topological polar surface area (TPSA) is 52.6 Å². The number of ether oxygens (including phenoxy) is 2. The maximum absolute atomic E-state index is 12.7.